The van der Waals surface area contributed by atoms with Crippen LogP contribution in [0.15, 0.2) is 0 Å². The summed E-state index contributed by atoms with van der Waals surface area (Å²) in [4.78, 5) is 34.8. The second-order valence-electron chi connectivity index (χ2n) is 3.06. The van der Waals surface area contributed by atoms with Crippen LogP contribution in [0.3, 0.4) is 0 Å². The van der Waals surface area contributed by atoms with Gasteiger partial charge in [-0.2, -0.15) is 0 Å². The molecule has 13 heavy (non-hydrogen) atoms. The molecule has 2 aliphatic heterocycles. The lowest BCUT2D eigenvalue weighted by Gasteiger charge is -2.37. The minimum atomic E-state index is -0.602. The highest BCUT2D eigenvalue weighted by molar-refractivity contribution is 6.02. The first-order chi connectivity index (χ1) is 6.18. The third-order valence-electron chi connectivity index (χ3n) is 2.22. The van der Waals surface area contributed by atoms with Crippen molar-refractivity contribution in [2.75, 3.05) is 13.1 Å². The van der Waals surface area contributed by atoms with Crippen LogP contribution in [-0.2, 0) is 9.59 Å². The Labute approximate surface area is 74.3 Å². The highest BCUT2D eigenvalue weighted by Gasteiger charge is 2.38. The van der Waals surface area contributed by atoms with Crippen LogP contribution in [0.4, 0.5) is 4.79 Å². The zero-order valence-electron chi connectivity index (χ0n) is 6.87. The van der Waals surface area contributed by atoms with Crippen molar-refractivity contribution < 1.29 is 14.4 Å². The Balaban J connectivity index is 2.22. The summed E-state index contributed by atoms with van der Waals surface area (Å²) in [5.41, 5.74) is 0. The lowest BCUT2D eigenvalue weighted by atomic mass is 10.1. The molecule has 2 N–H and O–H groups in total. The van der Waals surface area contributed by atoms with Crippen molar-refractivity contribution in [2.24, 2.45) is 0 Å². The van der Waals surface area contributed by atoms with E-state index in [-0.39, 0.29) is 18.2 Å². The summed E-state index contributed by atoms with van der Waals surface area (Å²) in [5.74, 6) is -0.627. The van der Waals surface area contributed by atoms with Crippen molar-refractivity contribution in [3.63, 3.8) is 0 Å². The molecule has 2 rings (SSSR count). The molecule has 70 valence electrons. The van der Waals surface area contributed by atoms with E-state index in [4.69, 9.17) is 0 Å². The zero-order valence-corrected chi connectivity index (χ0v) is 6.87. The van der Waals surface area contributed by atoms with Gasteiger partial charge in [0, 0.05) is 13.1 Å². The van der Waals surface area contributed by atoms with Gasteiger partial charge in [0.2, 0.25) is 11.8 Å². The number of nitrogens with one attached hydrogen (secondary N) is 2. The van der Waals surface area contributed by atoms with Crippen LogP contribution in [0, 0.1) is 0 Å². The predicted molar refractivity (Wildman–Crippen MR) is 41.7 cm³/mol. The average Bonchev–Trinajstić information content (AvgIpc) is 2.07. The van der Waals surface area contributed by atoms with Gasteiger partial charge in [0.15, 0.2) is 0 Å². The number of rotatable bonds is 0. The van der Waals surface area contributed by atoms with Gasteiger partial charge in [-0.15, -0.1) is 0 Å². The van der Waals surface area contributed by atoms with E-state index < -0.39 is 12.1 Å². The van der Waals surface area contributed by atoms with Crippen molar-refractivity contribution in [1.29, 1.82) is 0 Å². The number of piperazine rings is 1. The van der Waals surface area contributed by atoms with Gasteiger partial charge >= 0.3 is 6.03 Å². The molecule has 2 fully saturated rings. The molecule has 1 atom stereocenters. The van der Waals surface area contributed by atoms with Crippen LogP contribution >= 0.6 is 0 Å². The number of nitrogens with zero attached hydrogens (tertiary/aromatic N) is 1. The Morgan fingerprint density at radius 3 is 2.85 bits per heavy atom. The summed E-state index contributed by atoms with van der Waals surface area (Å²) in [6, 6.07) is -1.06. The molecule has 4 amide bonds. The Kier molecular flexibility index (Phi) is 1.68. The van der Waals surface area contributed by atoms with E-state index in [9.17, 15) is 14.4 Å². The van der Waals surface area contributed by atoms with Crippen LogP contribution in [-0.4, -0.2) is 41.9 Å². The number of hydrogen-bond donors (Lipinski definition) is 2. The van der Waals surface area contributed by atoms with Gasteiger partial charge in [-0.25, -0.2) is 4.79 Å². The third-order valence-corrected chi connectivity index (χ3v) is 2.22. The second kappa shape index (κ2) is 2.72. The lowest BCUT2D eigenvalue weighted by Crippen LogP contribution is -2.64. The van der Waals surface area contributed by atoms with Gasteiger partial charge < -0.3 is 10.2 Å². The van der Waals surface area contributed by atoms with Gasteiger partial charge in [-0.3, -0.25) is 14.9 Å². The average molecular weight is 183 g/mol. The molecular formula is C7H9N3O3. The lowest BCUT2D eigenvalue weighted by molar-refractivity contribution is -0.134. The first-order valence-corrected chi connectivity index (χ1v) is 4.06. The monoisotopic (exact) mass is 183 g/mol. The molecule has 0 unspecified atom stereocenters. The topological polar surface area (TPSA) is 78.5 Å². The van der Waals surface area contributed by atoms with E-state index in [0.29, 0.717) is 13.1 Å². The van der Waals surface area contributed by atoms with Gasteiger partial charge in [0.05, 0.1) is 6.42 Å². The zero-order chi connectivity index (χ0) is 9.42. The molecule has 0 aromatic heterocycles. The summed E-state index contributed by atoms with van der Waals surface area (Å²) in [6.07, 6.45) is 0.0670. The molecule has 0 aromatic carbocycles. The molecule has 0 spiro atoms. The molecular weight excluding hydrogens is 174 g/mol. The molecule has 2 heterocycles. The number of imide groups is 1. The van der Waals surface area contributed by atoms with Gasteiger partial charge in [0.1, 0.15) is 6.04 Å². The summed E-state index contributed by atoms with van der Waals surface area (Å²) >= 11 is 0. The number of carbonyl (C=O) groups is 3. The minimum Gasteiger partial charge on any atom is -0.353 e. The Morgan fingerprint density at radius 1 is 1.31 bits per heavy atom. The van der Waals surface area contributed by atoms with E-state index in [1.807, 2.05) is 0 Å². The largest absolute Gasteiger partial charge is 0.353 e. The van der Waals surface area contributed by atoms with Crippen molar-refractivity contribution >= 4 is 17.8 Å². The molecule has 6 heteroatoms. The summed E-state index contributed by atoms with van der Waals surface area (Å²) in [7, 11) is 0. The minimum absolute atomic E-state index is 0.0670. The van der Waals surface area contributed by atoms with Gasteiger partial charge in [0.25, 0.3) is 0 Å². The predicted octanol–water partition coefficient (Wildman–Crippen LogP) is -1.57. The fourth-order valence-electron chi connectivity index (χ4n) is 1.58. The van der Waals surface area contributed by atoms with Crippen molar-refractivity contribution in [3.8, 4) is 0 Å². The van der Waals surface area contributed by atoms with E-state index in [2.05, 4.69) is 10.6 Å². The first kappa shape index (κ1) is 8.03. The molecule has 0 aliphatic carbocycles. The van der Waals surface area contributed by atoms with E-state index >= 15 is 0 Å². The summed E-state index contributed by atoms with van der Waals surface area (Å²) in [5, 5.41) is 4.78. The maximum atomic E-state index is 11.2. The first-order valence-electron chi connectivity index (χ1n) is 4.06. The number of amides is 4. The van der Waals surface area contributed by atoms with Gasteiger partial charge in [-0.05, 0) is 0 Å². The highest BCUT2D eigenvalue weighted by atomic mass is 16.2. The maximum absolute atomic E-state index is 11.2. The molecule has 0 saturated carbocycles. The van der Waals surface area contributed by atoms with E-state index in [0.717, 1.165) is 0 Å². The Hall–Kier alpha value is -1.59. The standard InChI is InChI=1S/C7H9N3O3/c11-5-3-4-6(12)8-1-2-10(4)7(13)9-5/h4H,1-3H2,(H,8,12)(H,9,11,13)/t4-/m1/s1. The molecule has 6 nitrogen and oxygen atoms in total. The summed E-state index contributed by atoms with van der Waals surface area (Å²) < 4.78 is 0. The van der Waals surface area contributed by atoms with E-state index in [1.165, 1.54) is 4.90 Å². The fraction of sp³-hybridized carbons (Fsp3) is 0.571. The van der Waals surface area contributed by atoms with E-state index in [1.54, 1.807) is 0 Å². The summed E-state index contributed by atoms with van der Waals surface area (Å²) in [6.45, 7) is 0.923. The molecule has 0 bridgehead atoms. The van der Waals surface area contributed by atoms with Crippen LogP contribution < -0.4 is 10.6 Å². The normalized spacial score (nSPS) is 27.8. The number of hydrogen-bond acceptors (Lipinski definition) is 3. The number of carbonyl (C=O) groups excluding carboxylic acids is 3. The molecule has 0 aromatic rings. The SMILES string of the molecule is O=C1C[C@@H]2C(=O)NCCN2C(=O)N1. The van der Waals surface area contributed by atoms with Crippen LogP contribution in [0.2, 0.25) is 0 Å². The Bertz CT molecular complexity index is 289. The molecule has 2 saturated heterocycles. The van der Waals surface area contributed by atoms with Crippen molar-refractivity contribution in [2.45, 2.75) is 12.5 Å². The highest BCUT2D eigenvalue weighted by Crippen LogP contribution is 2.12. The van der Waals surface area contributed by atoms with Gasteiger partial charge in [-0.1, -0.05) is 0 Å². The van der Waals surface area contributed by atoms with Crippen LogP contribution in [0.25, 0.3) is 0 Å². The molecule has 0 radical (unpaired) electrons. The number of urea groups is 1. The quantitative estimate of drug-likeness (QED) is 0.476. The third kappa shape index (κ3) is 1.24. The molecule has 2 aliphatic rings. The smallest absolute Gasteiger partial charge is 0.324 e. The van der Waals surface area contributed by atoms with Crippen LogP contribution in [0.5, 0.6) is 0 Å². The number of fused-ring (bicyclic) bond motifs is 1. The van der Waals surface area contributed by atoms with Crippen molar-refractivity contribution in [3.05, 3.63) is 0 Å². The van der Waals surface area contributed by atoms with Crippen molar-refractivity contribution in [1.82, 2.24) is 15.5 Å². The maximum Gasteiger partial charge on any atom is 0.324 e. The Morgan fingerprint density at radius 2 is 2.08 bits per heavy atom. The second-order valence-corrected chi connectivity index (χ2v) is 3.06. The fourth-order valence-corrected chi connectivity index (χ4v) is 1.58. The van der Waals surface area contributed by atoms with Crippen LogP contribution in [0.1, 0.15) is 6.42 Å².